The van der Waals surface area contributed by atoms with E-state index >= 15 is 0 Å². The molecule has 0 atom stereocenters. The lowest BCUT2D eigenvalue weighted by Gasteiger charge is -2.07. The van der Waals surface area contributed by atoms with Gasteiger partial charge in [0.15, 0.2) is 0 Å². The van der Waals surface area contributed by atoms with Gasteiger partial charge in [0.25, 0.3) is 0 Å². The zero-order chi connectivity index (χ0) is 18.6. The van der Waals surface area contributed by atoms with Crippen LogP contribution in [-0.2, 0) is 22.6 Å². The maximum absolute atomic E-state index is 12.2. The molecule has 136 valence electrons. The number of thiophene rings is 1. The molecule has 0 N–H and O–H groups in total. The van der Waals surface area contributed by atoms with Gasteiger partial charge in [-0.1, -0.05) is 18.2 Å². The number of fused-ring (bicyclic) bond motifs is 1. The number of methoxy groups -OCH3 is 1. The Morgan fingerprint density at radius 2 is 1.93 bits per heavy atom. The van der Waals surface area contributed by atoms with E-state index in [1.54, 1.807) is 29.8 Å². The van der Waals surface area contributed by atoms with Gasteiger partial charge in [-0.15, -0.1) is 11.3 Å². The molecule has 4 rings (SSSR count). The second-order valence-electron chi connectivity index (χ2n) is 6.04. The standard InChI is InChI=1S/C21H17NO3S2/c1-24-19-5-4-15-8-14(2-3-16(15)9-19)11-25-20(23)10-18-13-27-21(22-18)17-6-7-26-12-17/h2-9,12-13H,10-11H2,1H3. The third-order valence-corrected chi connectivity index (χ3v) is 5.78. The van der Waals surface area contributed by atoms with Crippen molar-refractivity contribution in [3.8, 4) is 16.3 Å². The monoisotopic (exact) mass is 395 g/mol. The Bertz CT molecular complexity index is 1070. The zero-order valence-corrected chi connectivity index (χ0v) is 16.3. The molecule has 0 bridgehead atoms. The molecular weight excluding hydrogens is 378 g/mol. The molecular formula is C21H17NO3S2. The molecule has 2 aromatic carbocycles. The van der Waals surface area contributed by atoms with Crippen LogP contribution in [0.2, 0.25) is 0 Å². The van der Waals surface area contributed by atoms with Crippen LogP contribution in [0.15, 0.2) is 58.6 Å². The van der Waals surface area contributed by atoms with E-state index in [1.807, 2.05) is 53.2 Å². The highest BCUT2D eigenvalue weighted by Gasteiger charge is 2.11. The van der Waals surface area contributed by atoms with Gasteiger partial charge in [-0.3, -0.25) is 4.79 Å². The van der Waals surface area contributed by atoms with Crippen LogP contribution >= 0.6 is 22.7 Å². The van der Waals surface area contributed by atoms with Gasteiger partial charge in [0.05, 0.1) is 19.2 Å². The molecule has 0 aliphatic carbocycles. The van der Waals surface area contributed by atoms with Gasteiger partial charge in [-0.2, -0.15) is 11.3 Å². The van der Waals surface area contributed by atoms with Crippen molar-refractivity contribution in [1.82, 2.24) is 4.98 Å². The Morgan fingerprint density at radius 1 is 1.07 bits per heavy atom. The number of esters is 1. The maximum atomic E-state index is 12.2. The van der Waals surface area contributed by atoms with E-state index < -0.39 is 0 Å². The lowest BCUT2D eigenvalue weighted by atomic mass is 10.1. The first-order chi connectivity index (χ1) is 13.2. The van der Waals surface area contributed by atoms with E-state index in [-0.39, 0.29) is 19.0 Å². The molecule has 0 unspecified atom stereocenters. The van der Waals surface area contributed by atoms with Crippen LogP contribution in [0.3, 0.4) is 0 Å². The summed E-state index contributed by atoms with van der Waals surface area (Å²) in [5.74, 6) is 0.554. The first-order valence-electron chi connectivity index (χ1n) is 8.40. The van der Waals surface area contributed by atoms with Crippen molar-refractivity contribution in [2.45, 2.75) is 13.0 Å². The van der Waals surface area contributed by atoms with Gasteiger partial charge in [-0.05, 0) is 46.0 Å². The number of carbonyl (C=O) groups is 1. The lowest BCUT2D eigenvalue weighted by Crippen LogP contribution is -2.08. The molecule has 0 radical (unpaired) electrons. The van der Waals surface area contributed by atoms with Gasteiger partial charge in [0.1, 0.15) is 17.4 Å². The topological polar surface area (TPSA) is 48.4 Å². The summed E-state index contributed by atoms with van der Waals surface area (Å²) in [4.78, 5) is 16.7. The fraction of sp³-hybridized carbons (Fsp3) is 0.143. The molecule has 0 aliphatic heterocycles. The molecule has 0 aliphatic rings. The summed E-state index contributed by atoms with van der Waals surface area (Å²) in [5, 5.41) is 9.10. The van der Waals surface area contributed by atoms with Crippen LogP contribution < -0.4 is 4.74 Å². The number of rotatable bonds is 6. The molecule has 0 fully saturated rings. The van der Waals surface area contributed by atoms with Gasteiger partial charge in [0.2, 0.25) is 0 Å². The van der Waals surface area contributed by atoms with Crippen molar-refractivity contribution in [2.24, 2.45) is 0 Å². The van der Waals surface area contributed by atoms with Crippen molar-refractivity contribution in [3.05, 3.63) is 69.9 Å². The van der Waals surface area contributed by atoms with Crippen LogP contribution in [-0.4, -0.2) is 18.1 Å². The summed E-state index contributed by atoms with van der Waals surface area (Å²) < 4.78 is 10.7. The van der Waals surface area contributed by atoms with Crippen molar-refractivity contribution in [1.29, 1.82) is 0 Å². The summed E-state index contributed by atoms with van der Waals surface area (Å²) >= 11 is 3.18. The molecule has 4 nitrogen and oxygen atoms in total. The average molecular weight is 396 g/mol. The Balaban J connectivity index is 1.37. The molecule has 0 saturated heterocycles. The highest BCUT2D eigenvalue weighted by atomic mass is 32.1. The zero-order valence-electron chi connectivity index (χ0n) is 14.7. The van der Waals surface area contributed by atoms with Crippen LogP contribution in [0.5, 0.6) is 5.75 Å². The molecule has 0 amide bonds. The minimum absolute atomic E-state index is 0.186. The summed E-state index contributed by atoms with van der Waals surface area (Å²) in [6, 6.07) is 13.9. The largest absolute Gasteiger partial charge is 0.497 e. The van der Waals surface area contributed by atoms with Gasteiger partial charge >= 0.3 is 5.97 Å². The van der Waals surface area contributed by atoms with Crippen molar-refractivity contribution >= 4 is 39.4 Å². The molecule has 2 aromatic heterocycles. The van der Waals surface area contributed by atoms with Crippen LogP contribution in [0.1, 0.15) is 11.3 Å². The Kier molecular flexibility index (Phi) is 5.18. The third-order valence-electron chi connectivity index (χ3n) is 4.16. The summed E-state index contributed by atoms with van der Waals surface area (Å²) in [6.07, 6.45) is 0.186. The summed E-state index contributed by atoms with van der Waals surface area (Å²) in [6.45, 7) is 0.252. The maximum Gasteiger partial charge on any atom is 0.312 e. The number of hydrogen-bond donors (Lipinski definition) is 0. The first kappa shape index (κ1) is 17.7. The Labute approximate surface area is 165 Å². The Morgan fingerprint density at radius 3 is 2.74 bits per heavy atom. The van der Waals surface area contributed by atoms with Gasteiger partial charge in [0, 0.05) is 16.3 Å². The minimum atomic E-state index is -0.271. The van der Waals surface area contributed by atoms with Crippen molar-refractivity contribution in [2.75, 3.05) is 7.11 Å². The SMILES string of the molecule is COc1ccc2cc(COC(=O)Cc3csc(-c4ccsc4)n3)ccc2c1. The molecule has 0 saturated carbocycles. The van der Waals surface area contributed by atoms with E-state index in [0.29, 0.717) is 0 Å². The van der Waals surface area contributed by atoms with Crippen molar-refractivity contribution < 1.29 is 14.3 Å². The quantitative estimate of drug-likeness (QED) is 0.415. The second kappa shape index (κ2) is 7.90. The number of thiazole rings is 1. The first-order valence-corrected chi connectivity index (χ1v) is 10.2. The number of aromatic nitrogens is 1. The van der Waals surface area contributed by atoms with Gasteiger partial charge in [-0.25, -0.2) is 4.98 Å². The molecule has 4 aromatic rings. The molecule has 6 heteroatoms. The fourth-order valence-corrected chi connectivity index (χ4v) is 4.29. The lowest BCUT2D eigenvalue weighted by molar-refractivity contribution is -0.144. The third kappa shape index (κ3) is 4.18. The second-order valence-corrected chi connectivity index (χ2v) is 7.68. The number of nitrogens with zero attached hydrogens (tertiary/aromatic N) is 1. The van der Waals surface area contributed by atoms with E-state index in [2.05, 4.69) is 10.4 Å². The van der Waals surface area contributed by atoms with E-state index in [1.165, 1.54) is 0 Å². The highest BCUT2D eigenvalue weighted by Crippen LogP contribution is 2.26. The van der Waals surface area contributed by atoms with Crippen LogP contribution in [0, 0.1) is 0 Å². The number of carbonyl (C=O) groups excluding carboxylic acids is 1. The smallest absolute Gasteiger partial charge is 0.312 e. The predicted octanol–water partition coefficient (Wildman–Crippen LogP) is 5.32. The molecule has 27 heavy (non-hydrogen) atoms. The van der Waals surface area contributed by atoms with Crippen LogP contribution in [0.25, 0.3) is 21.3 Å². The van der Waals surface area contributed by atoms with E-state index in [0.717, 1.165) is 38.4 Å². The van der Waals surface area contributed by atoms with Crippen LogP contribution in [0.4, 0.5) is 0 Å². The number of hydrogen-bond acceptors (Lipinski definition) is 6. The highest BCUT2D eigenvalue weighted by molar-refractivity contribution is 7.14. The minimum Gasteiger partial charge on any atom is -0.497 e. The van der Waals surface area contributed by atoms with Crippen molar-refractivity contribution in [3.63, 3.8) is 0 Å². The molecule has 2 heterocycles. The average Bonchev–Trinajstić information content (AvgIpc) is 3.37. The number of benzene rings is 2. The normalized spacial score (nSPS) is 10.9. The van der Waals surface area contributed by atoms with E-state index in [9.17, 15) is 4.79 Å². The number of ether oxygens (including phenoxy) is 2. The summed E-state index contributed by atoms with van der Waals surface area (Å²) in [5.41, 5.74) is 2.80. The predicted molar refractivity (Wildman–Crippen MR) is 109 cm³/mol. The molecule has 0 spiro atoms. The Hall–Kier alpha value is -2.70. The van der Waals surface area contributed by atoms with E-state index in [4.69, 9.17) is 9.47 Å². The fourth-order valence-electron chi connectivity index (χ4n) is 2.76. The summed E-state index contributed by atoms with van der Waals surface area (Å²) in [7, 11) is 1.65. The van der Waals surface area contributed by atoms with Gasteiger partial charge < -0.3 is 9.47 Å².